The molecular weight excluding hydrogens is 366 g/mol. The first-order chi connectivity index (χ1) is 13.5. The van der Waals surface area contributed by atoms with Gasteiger partial charge in [-0.1, -0.05) is 42.5 Å². The topological polar surface area (TPSA) is 12.9 Å². The zero-order valence-corrected chi connectivity index (χ0v) is 14.9. The maximum Gasteiger partial charge on any atom is 0.264 e. The molecule has 0 N–H and O–H groups in total. The van der Waals surface area contributed by atoms with Gasteiger partial charge in [0.25, 0.3) is 6.43 Å². The van der Waals surface area contributed by atoms with Crippen LogP contribution in [0.15, 0.2) is 66.7 Å². The average Bonchev–Trinajstić information content (AvgIpc) is 2.68. The van der Waals surface area contributed by atoms with Gasteiger partial charge in [-0.05, 0) is 42.3 Å². The van der Waals surface area contributed by atoms with Crippen LogP contribution in [0.2, 0.25) is 0 Å². The summed E-state index contributed by atoms with van der Waals surface area (Å²) in [5.41, 5.74) is 2.54. The van der Waals surface area contributed by atoms with Gasteiger partial charge < -0.3 is 0 Å². The van der Waals surface area contributed by atoms with Crippen molar-refractivity contribution >= 4 is 10.9 Å². The van der Waals surface area contributed by atoms with Crippen molar-refractivity contribution in [2.45, 2.75) is 13.3 Å². The Morgan fingerprint density at radius 3 is 2.18 bits per heavy atom. The van der Waals surface area contributed by atoms with Gasteiger partial charge in [-0.2, -0.15) is 0 Å². The van der Waals surface area contributed by atoms with Crippen LogP contribution < -0.4 is 0 Å². The van der Waals surface area contributed by atoms with Gasteiger partial charge in [-0.15, -0.1) is 0 Å². The first-order valence-corrected chi connectivity index (χ1v) is 8.69. The van der Waals surface area contributed by atoms with Crippen molar-refractivity contribution in [1.29, 1.82) is 0 Å². The molecule has 1 heterocycles. The number of nitrogens with zero attached hydrogens (tertiary/aromatic N) is 1. The Hall–Kier alpha value is -3.21. The van der Waals surface area contributed by atoms with Gasteiger partial charge in [0.15, 0.2) is 0 Å². The molecule has 3 aromatic carbocycles. The molecule has 28 heavy (non-hydrogen) atoms. The number of pyridine rings is 1. The normalized spacial score (nSPS) is 11.4. The Morgan fingerprint density at radius 2 is 1.50 bits per heavy atom. The summed E-state index contributed by atoms with van der Waals surface area (Å²) in [6.45, 7) is 1.55. The second kappa shape index (κ2) is 7.08. The first kappa shape index (κ1) is 18.2. The summed E-state index contributed by atoms with van der Waals surface area (Å²) in [6.07, 6.45) is -2.76. The minimum Gasteiger partial charge on any atom is -0.247 e. The van der Waals surface area contributed by atoms with Crippen LogP contribution in [-0.2, 0) is 0 Å². The van der Waals surface area contributed by atoms with Gasteiger partial charge in [0.05, 0.1) is 11.2 Å². The van der Waals surface area contributed by atoms with Crippen molar-refractivity contribution in [3.05, 3.63) is 89.5 Å². The van der Waals surface area contributed by atoms with E-state index in [9.17, 15) is 17.6 Å². The van der Waals surface area contributed by atoms with E-state index in [1.165, 1.54) is 18.2 Å². The molecule has 0 atom stereocenters. The van der Waals surface area contributed by atoms with Crippen LogP contribution >= 0.6 is 0 Å². The number of hydrogen-bond acceptors (Lipinski definition) is 1. The maximum atomic E-state index is 14.0. The third kappa shape index (κ3) is 3.13. The molecule has 0 bridgehead atoms. The molecule has 0 saturated heterocycles. The first-order valence-electron chi connectivity index (χ1n) is 8.69. The van der Waals surface area contributed by atoms with E-state index in [-0.39, 0.29) is 16.8 Å². The lowest BCUT2D eigenvalue weighted by molar-refractivity contribution is 0.152. The number of benzene rings is 3. The molecule has 0 saturated carbocycles. The van der Waals surface area contributed by atoms with Crippen LogP contribution in [0.1, 0.15) is 17.6 Å². The predicted molar refractivity (Wildman–Crippen MR) is 102 cm³/mol. The highest BCUT2D eigenvalue weighted by molar-refractivity contribution is 5.87. The minimum atomic E-state index is -2.76. The van der Waals surface area contributed by atoms with Gasteiger partial charge in [0.1, 0.15) is 11.6 Å². The van der Waals surface area contributed by atoms with Gasteiger partial charge >= 0.3 is 0 Å². The summed E-state index contributed by atoms with van der Waals surface area (Å²) in [7, 11) is 0. The third-order valence-corrected chi connectivity index (χ3v) is 4.80. The highest BCUT2D eigenvalue weighted by atomic mass is 19.3. The smallest absolute Gasteiger partial charge is 0.247 e. The fraction of sp³-hybridized carbons (Fsp3) is 0.0870. The van der Waals surface area contributed by atoms with Crippen molar-refractivity contribution in [3.63, 3.8) is 0 Å². The molecular formula is C23H15F4N. The number of alkyl halides is 2. The predicted octanol–water partition coefficient (Wildman–Crippen LogP) is 7.09. The van der Waals surface area contributed by atoms with Crippen LogP contribution in [0, 0.1) is 18.6 Å². The number of fused-ring (bicyclic) bond motifs is 1. The van der Waals surface area contributed by atoms with Crippen LogP contribution in [0.25, 0.3) is 33.3 Å². The largest absolute Gasteiger partial charge is 0.264 e. The van der Waals surface area contributed by atoms with Crippen molar-refractivity contribution in [2.24, 2.45) is 0 Å². The van der Waals surface area contributed by atoms with Gasteiger partial charge in [0, 0.05) is 22.1 Å². The lowest BCUT2D eigenvalue weighted by atomic mass is 9.96. The molecule has 0 fully saturated rings. The second-order valence-electron chi connectivity index (χ2n) is 6.52. The van der Waals surface area contributed by atoms with E-state index in [1.54, 1.807) is 49.4 Å². The van der Waals surface area contributed by atoms with Gasteiger partial charge in [0.2, 0.25) is 0 Å². The van der Waals surface area contributed by atoms with Crippen LogP contribution in [0.3, 0.4) is 0 Å². The quantitative estimate of drug-likeness (QED) is 0.345. The number of halogens is 4. The fourth-order valence-electron chi connectivity index (χ4n) is 3.42. The maximum absolute atomic E-state index is 14.0. The summed E-state index contributed by atoms with van der Waals surface area (Å²) in [5.74, 6) is -0.921. The summed E-state index contributed by atoms with van der Waals surface area (Å²) >= 11 is 0. The van der Waals surface area contributed by atoms with Crippen molar-refractivity contribution in [1.82, 2.24) is 4.98 Å². The molecule has 0 aliphatic carbocycles. The number of rotatable bonds is 3. The highest BCUT2D eigenvalue weighted by Gasteiger charge is 2.20. The van der Waals surface area contributed by atoms with Crippen LogP contribution in [0.5, 0.6) is 0 Å². The third-order valence-electron chi connectivity index (χ3n) is 4.80. The van der Waals surface area contributed by atoms with E-state index in [0.29, 0.717) is 33.5 Å². The Morgan fingerprint density at radius 1 is 0.821 bits per heavy atom. The summed E-state index contributed by atoms with van der Waals surface area (Å²) in [4.78, 5) is 4.48. The molecule has 0 amide bonds. The second-order valence-corrected chi connectivity index (χ2v) is 6.52. The van der Waals surface area contributed by atoms with Crippen molar-refractivity contribution < 1.29 is 17.6 Å². The molecule has 4 rings (SSSR count). The zero-order chi connectivity index (χ0) is 19.8. The molecule has 0 spiro atoms. The molecule has 4 aromatic rings. The van der Waals surface area contributed by atoms with Crippen LogP contribution in [-0.4, -0.2) is 4.98 Å². The van der Waals surface area contributed by atoms with E-state index in [2.05, 4.69) is 4.98 Å². The average molecular weight is 381 g/mol. The summed E-state index contributed by atoms with van der Waals surface area (Å²) in [5, 5.41) is 0.110. The van der Waals surface area contributed by atoms with E-state index in [0.717, 1.165) is 6.07 Å². The Kier molecular flexibility index (Phi) is 4.59. The molecule has 0 aliphatic heterocycles. The van der Waals surface area contributed by atoms with Crippen molar-refractivity contribution in [2.75, 3.05) is 0 Å². The summed E-state index contributed by atoms with van der Waals surface area (Å²) < 4.78 is 55.0. The fourth-order valence-corrected chi connectivity index (χ4v) is 3.42. The SMILES string of the molecule is Cc1c(-c2ccc(-c3ccccc3F)cc2)nc2ccc(F)cc2c1C(F)F. The number of hydrogen-bond donors (Lipinski definition) is 0. The molecule has 0 radical (unpaired) electrons. The van der Waals surface area contributed by atoms with E-state index in [1.807, 2.05) is 0 Å². The number of aromatic nitrogens is 1. The standard InChI is InChI=1S/C23H15F4N/c1-13-21(23(26)27)18-12-16(24)10-11-20(18)28-22(13)15-8-6-14(7-9-15)17-4-2-3-5-19(17)25/h2-12,23H,1H3. The summed E-state index contributed by atoms with van der Waals surface area (Å²) in [6, 6.07) is 17.0. The zero-order valence-electron chi connectivity index (χ0n) is 14.9. The molecule has 1 nitrogen and oxygen atoms in total. The van der Waals surface area contributed by atoms with Crippen molar-refractivity contribution in [3.8, 4) is 22.4 Å². The molecule has 5 heteroatoms. The molecule has 0 unspecified atom stereocenters. The minimum absolute atomic E-state index is 0.110. The molecule has 1 aromatic heterocycles. The molecule has 140 valence electrons. The van der Waals surface area contributed by atoms with Gasteiger partial charge in [-0.3, -0.25) is 0 Å². The van der Waals surface area contributed by atoms with Gasteiger partial charge in [-0.25, -0.2) is 22.5 Å². The van der Waals surface area contributed by atoms with E-state index in [4.69, 9.17) is 0 Å². The Balaban J connectivity index is 1.86. The molecule has 0 aliphatic rings. The Labute approximate surface area is 159 Å². The van der Waals surface area contributed by atoms with Crippen LogP contribution in [0.4, 0.5) is 17.6 Å². The van der Waals surface area contributed by atoms with E-state index < -0.39 is 12.2 Å². The highest BCUT2D eigenvalue weighted by Crippen LogP contribution is 2.36. The monoisotopic (exact) mass is 381 g/mol. The van der Waals surface area contributed by atoms with E-state index >= 15 is 0 Å². The lowest BCUT2D eigenvalue weighted by Crippen LogP contribution is -1.99. The Bertz CT molecular complexity index is 1170. The lowest BCUT2D eigenvalue weighted by Gasteiger charge is -2.14.